The van der Waals surface area contributed by atoms with Crippen LogP contribution in [0.15, 0.2) is 41.0 Å². The van der Waals surface area contributed by atoms with Crippen LogP contribution in [0.1, 0.15) is 18.2 Å². The minimum Gasteiger partial charge on any atom is -0.504 e. The first-order valence-electron chi connectivity index (χ1n) is 6.68. The number of likely N-dealkylation sites (N-methyl/N-ethyl adjacent to an activating group) is 1. The third-order valence-electron chi connectivity index (χ3n) is 3.51. The van der Waals surface area contributed by atoms with Crippen molar-refractivity contribution in [1.82, 2.24) is 4.90 Å². The fraction of sp³-hybridized carbons (Fsp3) is 0.375. The Hall–Kier alpha value is -1.94. The van der Waals surface area contributed by atoms with Crippen LogP contribution < -0.4 is 4.74 Å². The van der Waals surface area contributed by atoms with E-state index in [1.807, 2.05) is 24.3 Å². The number of phenols is 1. The highest BCUT2D eigenvalue weighted by Crippen LogP contribution is 2.27. The molecule has 0 radical (unpaired) electrons. The van der Waals surface area contributed by atoms with Gasteiger partial charge in [-0.1, -0.05) is 6.07 Å². The molecule has 0 saturated heterocycles. The van der Waals surface area contributed by atoms with Gasteiger partial charge in [-0.3, -0.25) is 4.90 Å². The molecule has 0 bridgehead atoms. The Morgan fingerprint density at radius 2 is 2.15 bits per heavy atom. The summed E-state index contributed by atoms with van der Waals surface area (Å²) in [6.07, 6.45) is 2.58. The zero-order valence-corrected chi connectivity index (χ0v) is 12.2. The van der Waals surface area contributed by atoms with E-state index in [2.05, 4.69) is 18.9 Å². The van der Waals surface area contributed by atoms with E-state index >= 15 is 0 Å². The predicted octanol–water partition coefficient (Wildman–Crippen LogP) is 3.06. The Balaban J connectivity index is 1.98. The monoisotopic (exact) mass is 275 g/mol. The quantitative estimate of drug-likeness (QED) is 0.880. The van der Waals surface area contributed by atoms with Crippen molar-refractivity contribution in [3.8, 4) is 11.5 Å². The standard InChI is InChI=1S/C16H21NO3/c1-12(17(2)11-14-5-4-8-20-14)9-13-6-7-15(18)16(10-13)19-3/h4-8,10,12,18H,9,11H2,1-3H3. The summed E-state index contributed by atoms with van der Waals surface area (Å²) in [5.74, 6) is 1.65. The number of hydrogen-bond acceptors (Lipinski definition) is 4. The van der Waals surface area contributed by atoms with Crippen molar-refractivity contribution in [2.75, 3.05) is 14.2 Å². The molecule has 0 aliphatic carbocycles. The Morgan fingerprint density at radius 3 is 2.80 bits per heavy atom. The molecule has 1 heterocycles. The number of ether oxygens (including phenoxy) is 1. The summed E-state index contributed by atoms with van der Waals surface area (Å²) >= 11 is 0. The van der Waals surface area contributed by atoms with Gasteiger partial charge in [0.25, 0.3) is 0 Å². The molecule has 2 aromatic rings. The number of benzene rings is 1. The van der Waals surface area contributed by atoms with Crippen LogP contribution in [0, 0.1) is 0 Å². The minimum absolute atomic E-state index is 0.174. The number of hydrogen-bond donors (Lipinski definition) is 1. The van der Waals surface area contributed by atoms with Gasteiger partial charge in [-0.05, 0) is 50.2 Å². The molecule has 2 rings (SSSR count). The second-order valence-electron chi connectivity index (χ2n) is 5.05. The normalized spacial score (nSPS) is 12.6. The maximum atomic E-state index is 9.60. The van der Waals surface area contributed by atoms with Crippen LogP contribution in [0.4, 0.5) is 0 Å². The lowest BCUT2D eigenvalue weighted by Crippen LogP contribution is -2.30. The Kier molecular flexibility index (Phi) is 4.69. The molecule has 1 unspecified atom stereocenters. The number of rotatable bonds is 6. The average molecular weight is 275 g/mol. The third-order valence-corrected chi connectivity index (χ3v) is 3.51. The summed E-state index contributed by atoms with van der Waals surface area (Å²) < 4.78 is 10.5. The first-order chi connectivity index (χ1) is 9.60. The van der Waals surface area contributed by atoms with Gasteiger partial charge < -0.3 is 14.3 Å². The molecule has 108 valence electrons. The van der Waals surface area contributed by atoms with E-state index in [-0.39, 0.29) is 5.75 Å². The fourth-order valence-corrected chi connectivity index (χ4v) is 2.15. The molecule has 1 aromatic heterocycles. The highest BCUT2D eigenvalue weighted by molar-refractivity contribution is 5.41. The number of aromatic hydroxyl groups is 1. The lowest BCUT2D eigenvalue weighted by molar-refractivity contribution is 0.228. The number of furan rings is 1. The Bertz CT molecular complexity index is 537. The molecule has 4 nitrogen and oxygen atoms in total. The average Bonchev–Trinajstić information content (AvgIpc) is 2.93. The summed E-state index contributed by atoms with van der Waals surface area (Å²) in [7, 11) is 3.64. The number of methoxy groups -OCH3 is 1. The van der Waals surface area contributed by atoms with Crippen molar-refractivity contribution in [1.29, 1.82) is 0 Å². The van der Waals surface area contributed by atoms with Gasteiger partial charge in [0.15, 0.2) is 11.5 Å². The first-order valence-corrected chi connectivity index (χ1v) is 6.68. The molecule has 0 spiro atoms. The van der Waals surface area contributed by atoms with Crippen LogP contribution in [0.3, 0.4) is 0 Å². The van der Waals surface area contributed by atoms with Gasteiger partial charge in [0.1, 0.15) is 5.76 Å². The van der Waals surface area contributed by atoms with Crippen molar-refractivity contribution in [3.63, 3.8) is 0 Å². The van der Waals surface area contributed by atoms with Gasteiger partial charge >= 0.3 is 0 Å². The molecule has 0 fully saturated rings. The van der Waals surface area contributed by atoms with Crippen LogP contribution in [-0.2, 0) is 13.0 Å². The maximum absolute atomic E-state index is 9.60. The molecular weight excluding hydrogens is 254 g/mol. The van der Waals surface area contributed by atoms with Crippen molar-refractivity contribution in [2.24, 2.45) is 0 Å². The molecule has 0 amide bonds. The topological polar surface area (TPSA) is 45.8 Å². The van der Waals surface area contributed by atoms with Crippen molar-refractivity contribution in [3.05, 3.63) is 47.9 Å². The van der Waals surface area contributed by atoms with Gasteiger partial charge in [-0.2, -0.15) is 0 Å². The van der Waals surface area contributed by atoms with Crippen LogP contribution in [0.2, 0.25) is 0 Å². The van der Waals surface area contributed by atoms with E-state index in [4.69, 9.17) is 9.15 Å². The summed E-state index contributed by atoms with van der Waals surface area (Å²) in [6, 6.07) is 9.72. The van der Waals surface area contributed by atoms with Crippen LogP contribution in [-0.4, -0.2) is 30.2 Å². The van der Waals surface area contributed by atoms with E-state index in [0.717, 1.165) is 24.3 Å². The molecule has 0 saturated carbocycles. The number of nitrogens with zero attached hydrogens (tertiary/aromatic N) is 1. The van der Waals surface area contributed by atoms with E-state index in [1.165, 1.54) is 0 Å². The van der Waals surface area contributed by atoms with Gasteiger partial charge in [-0.15, -0.1) is 0 Å². The SMILES string of the molecule is COc1cc(CC(C)N(C)Cc2ccco2)ccc1O. The van der Waals surface area contributed by atoms with Crippen LogP contribution >= 0.6 is 0 Å². The summed E-state index contributed by atoms with van der Waals surface area (Å²) in [5, 5.41) is 9.60. The summed E-state index contributed by atoms with van der Waals surface area (Å²) in [6.45, 7) is 2.95. The molecular formula is C16H21NO3. The van der Waals surface area contributed by atoms with E-state index in [1.54, 1.807) is 19.4 Å². The molecule has 0 aliphatic heterocycles. The zero-order valence-electron chi connectivity index (χ0n) is 12.2. The third kappa shape index (κ3) is 3.54. The van der Waals surface area contributed by atoms with E-state index < -0.39 is 0 Å². The highest BCUT2D eigenvalue weighted by Gasteiger charge is 2.13. The lowest BCUT2D eigenvalue weighted by Gasteiger charge is -2.24. The van der Waals surface area contributed by atoms with Crippen molar-refractivity contribution in [2.45, 2.75) is 25.9 Å². The van der Waals surface area contributed by atoms with E-state index in [0.29, 0.717) is 11.8 Å². The lowest BCUT2D eigenvalue weighted by atomic mass is 10.1. The van der Waals surface area contributed by atoms with E-state index in [9.17, 15) is 5.11 Å². The summed E-state index contributed by atoms with van der Waals surface area (Å²) in [4.78, 5) is 2.23. The van der Waals surface area contributed by atoms with Gasteiger partial charge in [-0.25, -0.2) is 0 Å². The van der Waals surface area contributed by atoms with Gasteiger partial charge in [0.05, 0.1) is 19.9 Å². The summed E-state index contributed by atoms with van der Waals surface area (Å²) in [5.41, 5.74) is 1.14. The largest absolute Gasteiger partial charge is 0.504 e. The maximum Gasteiger partial charge on any atom is 0.160 e. The number of phenolic OH excluding ortho intramolecular Hbond substituents is 1. The van der Waals surface area contributed by atoms with Gasteiger partial charge in [0, 0.05) is 6.04 Å². The molecule has 0 aliphatic rings. The zero-order chi connectivity index (χ0) is 14.5. The fourth-order valence-electron chi connectivity index (χ4n) is 2.15. The Morgan fingerprint density at radius 1 is 1.35 bits per heavy atom. The minimum atomic E-state index is 0.174. The van der Waals surface area contributed by atoms with Crippen LogP contribution in [0.5, 0.6) is 11.5 Å². The molecule has 1 atom stereocenters. The second-order valence-corrected chi connectivity index (χ2v) is 5.05. The van der Waals surface area contributed by atoms with Crippen molar-refractivity contribution < 1.29 is 14.3 Å². The van der Waals surface area contributed by atoms with Crippen molar-refractivity contribution >= 4 is 0 Å². The van der Waals surface area contributed by atoms with Crippen LogP contribution in [0.25, 0.3) is 0 Å². The molecule has 4 heteroatoms. The highest BCUT2D eigenvalue weighted by atomic mass is 16.5. The predicted molar refractivity (Wildman–Crippen MR) is 78.0 cm³/mol. The smallest absolute Gasteiger partial charge is 0.160 e. The molecule has 1 aromatic carbocycles. The van der Waals surface area contributed by atoms with Gasteiger partial charge in [0.2, 0.25) is 0 Å². The second kappa shape index (κ2) is 6.48. The molecule has 1 N–H and O–H groups in total. The molecule has 20 heavy (non-hydrogen) atoms. The Labute approximate surface area is 119 Å². The first kappa shape index (κ1) is 14.5.